The van der Waals surface area contributed by atoms with Crippen molar-refractivity contribution in [1.82, 2.24) is 20.1 Å². The molecule has 3 aliphatic rings. The van der Waals surface area contributed by atoms with Crippen LogP contribution in [0.25, 0.3) is 0 Å². The Labute approximate surface area is 200 Å². The molecule has 34 heavy (non-hydrogen) atoms. The van der Waals surface area contributed by atoms with Gasteiger partial charge in [0.15, 0.2) is 10.8 Å². The average Bonchev–Trinajstić information content (AvgIpc) is 3.43. The number of rotatable bonds is 6. The largest absolute Gasteiger partial charge is 0.477 e. The second-order valence-corrected chi connectivity index (χ2v) is 9.58. The van der Waals surface area contributed by atoms with E-state index in [-0.39, 0.29) is 41.0 Å². The number of ether oxygens (including phenoxy) is 1. The maximum Gasteiger partial charge on any atom is 0.410 e. The summed E-state index contributed by atoms with van der Waals surface area (Å²) in [6, 6.07) is -1.06. The van der Waals surface area contributed by atoms with Gasteiger partial charge in [-0.3, -0.25) is 14.5 Å². The summed E-state index contributed by atoms with van der Waals surface area (Å²) in [5, 5.41) is 34.7. The number of aliphatic carboxylic acids is 1. The molecule has 16 heteroatoms. The molecule has 1 aromatic heterocycles. The summed E-state index contributed by atoms with van der Waals surface area (Å²) in [7, 11) is 0. The number of hydrogen-bond donors (Lipinski definition) is 5. The van der Waals surface area contributed by atoms with Crippen LogP contribution in [0.2, 0.25) is 0 Å². The fraction of sp³-hybridized carbons (Fsp3) is 0.444. The lowest BCUT2D eigenvalue weighted by Crippen LogP contribution is -2.71. The number of oxime groups is 1. The molecule has 0 spiro atoms. The number of anilines is 1. The summed E-state index contributed by atoms with van der Waals surface area (Å²) in [4.78, 5) is 55.6. The molecule has 2 saturated heterocycles. The number of carbonyl (C=O) groups excluding carboxylic acids is 3. The van der Waals surface area contributed by atoms with Crippen LogP contribution in [-0.2, 0) is 19.1 Å². The third-order valence-corrected chi connectivity index (χ3v) is 7.42. The van der Waals surface area contributed by atoms with Crippen molar-refractivity contribution < 1.29 is 39.3 Å². The van der Waals surface area contributed by atoms with Crippen LogP contribution >= 0.6 is 23.1 Å². The minimum absolute atomic E-state index is 0.0307. The van der Waals surface area contributed by atoms with Crippen molar-refractivity contribution in [3.63, 3.8) is 0 Å². The molecule has 182 valence electrons. The zero-order valence-electron chi connectivity index (χ0n) is 17.4. The number of likely N-dealkylation sites (tertiary alicyclic amines) is 1. The Balaban J connectivity index is 1.43. The molecule has 3 aliphatic heterocycles. The summed E-state index contributed by atoms with van der Waals surface area (Å²) in [6.45, 7) is 0.138. The van der Waals surface area contributed by atoms with Crippen molar-refractivity contribution in [2.45, 2.75) is 23.9 Å². The number of nitrogens with one attached hydrogen (secondary N) is 1. The van der Waals surface area contributed by atoms with Gasteiger partial charge in [-0.15, -0.1) is 23.1 Å². The van der Waals surface area contributed by atoms with Crippen LogP contribution in [0, 0.1) is 0 Å². The first-order valence-electron chi connectivity index (χ1n) is 9.95. The fourth-order valence-corrected chi connectivity index (χ4v) is 5.64. The van der Waals surface area contributed by atoms with Crippen LogP contribution in [0.4, 0.5) is 9.93 Å². The third kappa shape index (κ3) is 4.38. The van der Waals surface area contributed by atoms with E-state index in [1.54, 1.807) is 0 Å². The number of carboxylic acids is 1. The van der Waals surface area contributed by atoms with Gasteiger partial charge in [0.25, 0.3) is 11.8 Å². The first-order chi connectivity index (χ1) is 16.2. The predicted molar refractivity (Wildman–Crippen MR) is 118 cm³/mol. The van der Waals surface area contributed by atoms with Crippen molar-refractivity contribution in [2.75, 3.05) is 31.2 Å². The Morgan fingerprint density at radius 3 is 2.74 bits per heavy atom. The number of nitrogen functional groups attached to an aromatic ring is 1. The van der Waals surface area contributed by atoms with E-state index in [1.807, 2.05) is 0 Å². The van der Waals surface area contributed by atoms with Gasteiger partial charge in [-0.1, -0.05) is 5.16 Å². The molecule has 0 aromatic carbocycles. The molecular formula is C18H20N6O8S2. The van der Waals surface area contributed by atoms with Crippen molar-refractivity contribution in [3.05, 3.63) is 22.3 Å². The standard InChI is InChI=1S/C18H20N6O8S2/c19-17-20-9(6-34-17)10(22-31)13(26)21-11-14(27)24-12(16(28)29)7(5-33-15(11)24)4-32-18(30)23-2-1-8(25)3-23/h6,8,11,15,25,31H,1-5H2,(H2,19,20)(H,21,26)(H,28,29)/b22-10-/t8?,11?,15-/m1/s1. The number of nitrogens with zero attached hydrogens (tertiary/aromatic N) is 4. The SMILES string of the molecule is Nc1nc(/C(=N/O)C(=O)NC2C(=O)N3C(C(=O)O)=C(COC(=O)N4CCC(O)C4)CS[C@H]23)cs1. The van der Waals surface area contributed by atoms with Crippen LogP contribution in [-0.4, -0.2) is 103 Å². The van der Waals surface area contributed by atoms with E-state index in [9.17, 15) is 34.6 Å². The molecule has 3 atom stereocenters. The number of carboxylic acid groups (broad SMARTS) is 1. The summed E-state index contributed by atoms with van der Waals surface area (Å²) in [5.74, 6) is -2.78. The van der Waals surface area contributed by atoms with Gasteiger partial charge in [0, 0.05) is 29.8 Å². The molecule has 0 bridgehead atoms. The highest BCUT2D eigenvalue weighted by Gasteiger charge is 2.54. The third-order valence-electron chi connectivity index (χ3n) is 5.41. The lowest BCUT2D eigenvalue weighted by atomic mass is 10.0. The predicted octanol–water partition coefficient (Wildman–Crippen LogP) is -1.15. The van der Waals surface area contributed by atoms with E-state index < -0.39 is 47.1 Å². The number of hydrogen-bond acceptors (Lipinski definition) is 12. The smallest absolute Gasteiger partial charge is 0.410 e. The van der Waals surface area contributed by atoms with E-state index in [2.05, 4.69) is 15.5 Å². The van der Waals surface area contributed by atoms with Gasteiger partial charge in [0.2, 0.25) is 0 Å². The quantitative estimate of drug-likeness (QED) is 0.133. The number of carbonyl (C=O) groups is 4. The maximum atomic E-state index is 12.7. The molecule has 0 saturated carbocycles. The number of aliphatic hydroxyl groups excluding tert-OH is 1. The maximum absolute atomic E-state index is 12.7. The van der Waals surface area contributed by atoms with Crippen molar-refractivity contribution in [1.29, 1.82) is 0 Å². The topological polar surface area (TPSA) is 208 Å². The first-order valence-corrected chi connectivity index (χ1v) is 11.9. The van der Waals surface area contributed by atoms with Gasteiger partial charge in [-0.05, 0) is 6.42 Å². The molecule has 4 heterocycles. The van der Waals surface area contributed by atoms with E-state index >= 15 is 0 Å². The van der Waals surface area contributed by atoms with Crippen molar-refractivity contribution in [2.24, 2.45) is 5.16 Å². The molecule has 4 rings (SSSR count). The van der Waals surface area contributed by atoms with Gasteiger partial charge in [-0.2, -0.15) is 0 Å². The normalized spacial score (nSPS) is 24.6. The summed E-state index contributed by atoms with van der Waals surface area (Å²) < 4.78 is 5.20. The van der Waals surface area contributed by atoms with Crippen LogP contribution in [0.1, 0.15) is 12.1 Å². The molecular weight excluding hydrogens is 492 g/mol. The van der Waals surface area contributed by atoms with Gasteiger partial charge in [0.1, 0.15) is 29.4 Å². The zero-order chi connectivity index (χ0) is 24.6. The van der Waals surface area contributed by atoms with E-state index in [0.29, 0.717) is 13.0 Å². The van der Waals surface area contributed by atoms with E-state index in [0.717, 1.165) is 16.2 Å². The molecule has 14 nitrogen and oxygen atoms in total. The molecule has 2 unspecified atom stereocenters. The molecule has 0 radical (unpaired) electrons. The Bertz CT molecular complexity index is 1100. The molecule has 1 aromatic rings. The van der Waals surface area contributed by atoms with E-state index in [4.69, 9.17) is 10.5 Å². The number of thiazole rings is 1. The number of β-lactam (4-membered cyclic amide) rings is 1. The highest BCUT2D eigenvalue weighted by Crippen LogP contribution is 2.40. The van der Waals surface area contributed by atoms with E-state index in [1.165, 1.54) is 22.0 Å². The molecule has 3 amide bonds. The van der Waals surface area contributed by atoms with Crippen LogP contribution in [0.5, 0.6) is 0 Å². The van der Waals surface area contributed by atoms with Crippen molar-refractivity contribution >= 4 is 57.8 Å². The van der Waals surface area contributed by atoms with Crippen LogP contribution < -0.4 is 11.1 Å². The number of thioether (sulfide) groups is 1. The number of nitrogens with two attached hydrogens (primary N) is 1. The van der Waals surface area contributed by atoms with Crippen molar-refractivity contribution in [3.8, 4) is 0 Å². The Kier molecular flexibility index (Phi) is 6.63. The summed E-state index contributed by atoms with van der Waals surface area (Å²) >= 11 is 2.22. The molecule has 2 fully saturated rings. The number of amides is 3. The first kappa shape index (κ1) is 23.8. The number of aliphatic hydroxyl groups is 1. The Morgan fingerprint density at radius 2 is 2.15 bits per heavy atom. The number of aromatic nitrogens is 1. The summed E-state index contributed by atoms with van der Waals surface area (Å²) in [6.07, 6.45) is -0.870. The van der Waals surface area contributed by atoms with Crippen LogP contribution in [0.15, 0.2) is 21.8 Å². The minimum Gasteiger partial charge on any atom is -0.477 e. The molecule has 0 aliphatic carbocycles. The highest BCUT2D eigenvalue weighted by atomic mass is 32.2. The summed E-state index contributed by atoms with van der Waals surface area (Å²) in [5.41, 5.74) is 5.05. The molecule has 6 N–H and O–H groups in total. The average molecular weight is 513 g/mol. The minimum atomic E-state index is -1.37. The lowest BCUT2D eigenvalue weighted by Gasteiger charge is -2.49. The van der Waals surface area contributed by atoms with Gasteiger partial charge in [-0.25, -0.2) is 14.6 Å². The zero-order valence-corrected chi connectivity index (χ0v) is 19.0. The number of β-amino-alcohol motifs (C(OH)–C–C–N with tert-alkyl or cyclic N) is 1. The highest BCUT2D eigenvalue weighted by molar-refractivity contribution is 8.00. The second kappa shape index (κ2) is 9.47. The monoisotopic (exact) mass is 512 g/mol. The van der Waals surface area contributed by atoms with Gasteiger partial charge < -0.3 is 36.1 Å². The lowest BCUT2D eigenvalue weighted by molar-refractivity contribution is -0.150. The fourth-order valence-electron chi connectivity index (χ4n) is 3.76. The second-order valence-electron chi connectivity index (χ2n) is 7.58. The number of fused-ring (bicyclic) bond motifs is 1. The Hall–Kier alpha value is -3.37. The Morgan fingerprint density at radius 1 is 1.38 bits per heavy atom. The van der Waals surface area contributed by atoms with Gasteiger partial charge >= 0.3 is 12.1 Å². The van der Waals surface area contributed by atoms with Gasteiger partial charge in [0.05, 0.1) is 6.10 Å². The van der Waals surface area contributed by atoms with Crippen LogP contribution in [0.3, 0.4) is 0 Å².